The standard InChI is InChI=1S/C18H28OSi/c1-3-5-10-14-18(16-19-20,15-11-6-4-2)17-12-8-7-9-13-17/h5-13H,3-4,14-16H2,1-2,20H3. The van der Waals surface area contributed by atoms with Crippen LogP contribution in [0.25, 0.3) is 0 Å². The van der Waals surface area contributed by atoms with E-state index in [1.807, 2.05) is 0 Å². The van der Waals surface area contributed by atoms with E-state index in [-0.39, 0.29) is 5.41 Å². The summed E-state index contributed by atoms with van der Waals surface area (Å²) >= 11 is 0. The van der Waals surface area contributed by atoms with Crippen LogP contribution in [-0.2, 0) is 9.84 Å². The van der Waals surface area contributed by atoms with E-state index in [1.165, 1.54) is 5.56 Å². The summed E-state index contributed by atoms with van der Waals surface area (Å²) in [5, 5.41) is 0. The molecule has 0 aliphatic rings. The quantitative estimate of drug-likeness (QED) is 0.494. The van der Waals surface area contributed by atoms with Crippen molar-refractivity contribution < 1.29 is 4.43 Å². The Morgan fingerprint density at radius 3 is 1.95 bits per heavy atom. The third-order valence-corrected chi connectivity index (χ3v) is 3.92. The van der Waals surface area contributed by atoms with Crippen LogP contribution in [0.15, 0.2) is 54.6 Å². The zero-order valence-corrected chi connectivity index (χ0v) is 15.1. The maximum atomic E-state index is 5.69. The van der Waals surface area contributed by atoms with Crippen LogP contribution < -0.4 is 0 Å². The second-order valence-electron chi connectivity index (χ2n) is 5.25. The van der Waals surface area contributed by atoms with Crippen molar-refractivity contribution in [3.8, 4) is 0 Å². The Kier molecular flexibility index (Phi) is 8.24. The Balaban J connectivity index is 3.04. The number of rotatable bonds is 9. The maximum absolute atomic E-state index is 5.69. The first-order chi connectivity index (χ1) is 9.79. The number of hydrogen-bond acceptors (Lipinski definition) is 1. The molecule has 0 unspecified atom stereocenters. The fourth-order valence-electron chi connectivity index (χ4n) is 2.54. The normalized spacial score (nSPS) is 15.1. The van der Waals surface area contributed by atoms with Crippen molar-refractivity contribution in [2.45, 2.75) is 44.9 Å². The molecule has 0 aliphatic heterocycles. The lowest BCUT2D eigenvalue weighted by atomic mass is 9.75. The van der Waals surface area contributed by atoms with E-state index in [4.69, 9.17) is 4.43 Å². The SMILES string of the molecule is CCC=CCC(CC=CCC)(CO[SiH3])c1ccccc1. The van der Waals surface area contributed by atoms with Crippen LogP contribution in [0.4, 0.5) is 0 Å². The minimum absolute atomic E-state index is 0.0837. The van der Waals surface area contributed by atoms with Crippen molar-refractivity contribution in [1.82, 2.24) is 0 Å². The van der Waals surface area contributed by atoms with Gasteiger partial charge in [0.25, 0.3) is 0 Å². The summed E-state index contributed by atoms with van der Waals surface area (Å²) in [4.78, 5) is 0. The van der Waals surface area contributed by atoms with Crippen molar-refractivity contribution in [1.29, 1.82) is 0 Å². The molecular weight excluding hydrogens is 260 g/mol. The molecule has 0 aromatic heterocycles. The van der Waals surface area contributed by atoms with E-state index in [0.29, 0.717) is 0 Å². The van der Waals surface area contributed by atoms with Gasteiger partial charge in [0.1, 0.15) is 10.5 Å². The fourth-order valence-corrected chi connectivity index (χ4v) is 3.09. The van der Waals surface area contributed by atoms with Crippen LogP contribution in [0.1, 0.15) is 45.1 Å². The van der Waals surface area contributed by atoms with Crippen molar-refractivity contribution in [2.75, 3.05) is 6.61 Å². The molecule has 2 heteroatoms. The zero-order chi connectivity index (χ0) is 14.7. The molecule has 0 aliphatic carbocycles. The van der Waals surface area contributed by atoms with Crippen LogP contribution in [0.3, 0.4) is 0 Å². The summed E-state index contributed by atoms with van der Waals surface area (Å²) < 4.78 is 5.69. The van der Waals surface area contributed by atoms with Gasteiger partial charge < -0.3 is 4.43 Å². The molecule has 1 aromatic rings. The third-order valence-electron chi connectivity index (χ3n) is 3.63. The predicted molar refractivity (Wildman–Crippen MR) is 92.1 cm³/mol. The number of benzene rings is 1. The average molecular weight is 289 g/mol. The average Bonchev–Trinajstić information content (AvgIpc) is 2.48. The molecule has 0 radical (unpaired) electrons. The Morgan fingerprint density at radius 1 is 0.950 bits per heavy atom. The lowest BCUT2D eigenvalue weighted by Gasteiger charge is -2.32. The Bertz CT molecular complexity index is 393. The van der Waals surface area contributed by atoms with Gasteiger partial charge in [-0.25, -0.2) is 0 Å². The second kappa shape index (κ2) is 9.73. The highest BCUT2D eigenvalue weighted by Gasteiger charge is 2.29. The van der Waals surface area contributed by atoms with Crippen LogP contribution >= 0.6 is 0 Å². The van der Waals surface area contributed by atoms with Gasteiger partial charge in [0, 0.05) is 12.0 Å². The highest BCUT2D eigenvalue weighted by Crippen LogP contribution is 2.33. The highest BCUT2D eigenvalue weighted by molar-refractivity contribution is 5.98. The van der Waals surface area contributed by atoms with Gasteiger partial charge in [-0.2, -0.15) is 0 Å². The third kappa shape index (κ3) is 5.10. The van der Waals surface area contributed by atoms with E-state index in [0.717, 1.165) is 42.8 Å². The summed E-state index contributed by atoms with van der Waals surface area (Å²) in [6.07, 6.45) is 13.4. The van der Waals surface area contributed by atoms with Crippen LogP contribution in [-0.4, -0.2) is 17.1 Å². The Labute approximate surface area is 127 Å². The molecule has 0 saturated heterocycles. The topological polar surface area (TPSA) is 9.23 Å². The first kappa shape index (κ1) is 16.9. The largest absolute Gasteiger partial charge is 0.427 e. The predicted octanol–water partition coefficient (Wildman–Crippen LogP) is 3.93. The Hall–Kier alpha value is -1.12. The van der Waals surface area contributed by atoms with Crippen LogP contribution in [0, 0.1) is 0 Å². The van der Waals surface area contributed by atoms with Gasteiger partial charge in [-0.1, -0.05) is 68.5 Å². The summed E-state index contributed by atoms with van der Waals surface area (Å²) in [5.74, 6) is 0. The molecule has 1 aromatic carbocycles. The molecule has 0 fully saturated rings. The van der Waals surface area contributed by atoms with Gasteiger partial charge in [0.05, 0.1) is 0 Å². The molecule has 110 valence electrons. The van der Waals surface area contributed by atoms with E-state index >= 15 is 0 Å². The van der Waals surface area contributed by atoms with Gasteiger partial charge in [0.15, 0.2) is 0 Å². The minimum Gasteiger partial charge on any atom is -0.427 e. The lowest BCUT2D eigenvalue weighted by Crippen LogP contribution is -2.31. The van der Waals surface area contributed by atoms with Gasteiger partial charge in [-0.05, 0) is 31.2 Å². The summed E-state index contributed by atoms with van der Waals surface area (Å²) in [6, 6.07) is 10.8. The molecule has 1 nitrogen and oxygen atoms in total. The van der Waals surface area contributed by atoms with Gasteiger partial charge in [-0.15, -0.1) is 0 Å². The molecule has 0 amide bonds. The smallest absolute Gasteiger partial charge is 0.146 e. The molecule has 0 saturated carbocycles. The summed E-state index contributed by atoms with van der Waals surface area (Å²) in [5.41, 5.74) is 1.47. The molecule has 20 heavy (non-hydrogen) atoms. The number of hydrogen-bond donors (Lipinski definition) is 0. The summed E-state index contributed by atoms with van der Waals surface area (Å²) in [7, 11) is 0.792. The monoisotopic (exact) mass is 288 g/mol. The first-order valence-electron chi connectivity index (χ1n) is 7.63. The minimum atomic E-state index is 0.0837. The zero-order valence-electron chi connectivity index (χ0n) is 13.1. The Morgan fingerprint density at radius 2 is 1.50 bits per heavy atom. The van der Waals surface area contributed by atoms with E-state index in [2.05, 4.69) is 68.5 Å². The lowest BCUT2D eigenvalue weighted by molar-refractivity contribution is 0.231. The highest BCUT2D eigenvalue weighted by atomic mass is 28.2. The fraction of sp³-hybridized carbons (Fsp3) is 0.444. The van der Waals surface area contributed by atoms with Gasteiger partial charge in [0.2, 0.25) is 0 Å². The van der Waals surface area contributed by atoms with Crippen molar-refractivity contribution in [2.24, 2.45) is 0 Å². The van der Waals surface area contributed by atoms with Gasteiger partial charge >= 0.3 is 0 Å². The van der Waals surface area contributed by atoms with Crippen molar-refractivity contribution >= 4 is 10.5 Å². The molecule has 0 spiro atoms. The summed E-state index contributed by atoms with van der Waals surface area (Å²) in [6.45, 7) is 5.17. The van der Waals surface area contributed by atoms with Crippen LogP contribution in [0.2, 0.25) is 0 Å². The molecule has 0 bridgehead atoms. The molecule has 0 N–H and O–H groups in total. The molecule has 1 rings (SSSR count). The van der Waals surface area contributed by atoms with E-state index in [1.54, 1.807) is 0 Å². The number of allylic oxidation sites excluding steroid dienone is 4. The van der Waals surface area contributed by atoms with Crippen molar-refractivity contribution in [3.63, 3.8) is 0 Å². The van der Waals surface area contributed by atoms with Crippen molar-refractivity contribution in [3.05, 3.63) is 60.2 Å². The van der Waals surface area contributed by atoms with E-state index in [9.17, 15) is 0 Å². The molecule has 0 heterocycles. The van der Waals surface area contributed by atoms with Crippen LogP contribution in [0.5, 0.6) is 0 Å². The van der Waals surface area contributed by atoms with Gasteiger partial charge in [-0.3, -0.25) is 0 Å². The first-order valence-corrected chi connectivity index (χ1v) is 8.45. The van der Waals surface area contributed by atoms with E-state index < -0.39 is 0 Å². The molecular formula is C18H28OSi. The maximum Gasteiger partial charge on any atom is 0.146 e. The molecule has 0 atom stereocenters. The second-order valence-corrected chi connectivity index (χ2v) is 5.82.